The maximum Gasteiger partial charge on any atom is 0.313 e. The molecule has 2 saturated heterocycles. The van der Waals surface area contributed by atoms with E-state index in [2.05, 4.69) is 27.9 Å². The Morgan fingerprint density at radius 3 is 2.76 bits per heavy atom. The molecule has 1 aromatic carbocycles. The van der Waals surface area contributed by atoms with Crippen LogP contribution in [0.15, 0.2) is 24.3 Å². The minimum Gasteiger partial charge on any atom is -0.497 e. The number of nitrogens with zero attached hydrogens (tertiary/aromatic N) is 1. The highest BCUT2D eigenvalue weighted by atomic mass is 16.5. The van der Waals surface area contributed by atoms with Crippen LogP contribution in [0.1, 0.15) is 37.8 Å². The first-order valence-electron chi connectivity index (χ1n) is 10.6. The number of methoxy groups -OCH3 is 2. The molecule has 3 atom stereocenters. The monoisotopic (exact) mass is 405 g/mol. The molecule has 0 amide bonds. The van der Waals surface area contributed by atoms with Gasteiger partial charge in [0.25, 0.3) is 0 Å². The SMILES string of the molecule is CCOC(=O)C1(CCOC)CCCN(CC2CNNC2c2ccc(OC)cc2)C1. The van der Waals surface area contributed by atoms with Crippen molar-refractivity contribution in [1.82, 2.24) is 15.8 Å². The molecule has 2 heterocycles. The van der Waals surface area contributed by atoms with Crippen molar-refractivity contribution in [2.45, 2.75) is 32.2 Å². The molecule has 0 spiro atoms. The van der Waals surface area contributed by atoms with Crippen LogP contribution >= 0.6 is 0 Å². The molecule has 7 heteroatoms. The quantitative estimate of drug-likeness (QED) is 0.610. The second-order valence-electron chi connectivity index (χ2n) is 8.12. The van der Waals surface area contributed by atoms with E-state index in [1.807, 2.05) is 19.1 Å². The van der Waals surface area contributed by atoms with E-state index in [0.717, 1.165) is 44.8 Å². The Balaban J connectivity index is 1.68. The zero-order valence-electron chi connectivity index (χ0n) is 17.9. The van der Waals surface area contributed by atoms with Crippen LogP contribution in [0.2, 0.25) is 0 Å². The lowest BCUT2D eigenvalue weighted by Gasteiger charge is -2.42. The molecule has 0 aromatic heterocycles. The number of benzene rings is 1. The van der Waals surface area contributed by atoms with Crippen molar-refractivity contribution in [3.05, 3.63) is 29.8 Å². The van der Waals surface area contributed by atoms with Crippen molar-refractivity contribution < 1.29 is 19.0 Å². The summed E-state index contributed by atoms with van der Waals surface area (Å²) in [5, 5.41) is 0. The van der Waals surface area contributed by atoms with E-state index in [4.69, 9.17) is 14.2 Å². The van der Waals surface area contributed by atoms with Crippen LogP contribution in [-0.2, 0) is 14.3 Å². The van der Waals surface area contributed by atoms with Gasteiger partial charge in [-0.2, -0.15) is 0 Å². The van der Waals surface area contributed by atoms with Gasteiger partial charge in [0.2, 0.25) is 0 Å². The largest absolute Gasteiger partial charge is 0.497 e. The number of piperidine rings is 1. The molecular formula is C22H35N3O4. The van der Waals surface area contributed by atoms with Crippen molar-refractivity contribution in [3.63, 3.8) is 0 Å². The van der Waals surface area contributed by atoms with E-state index in [-0.39, 0.29) is 12.0 Å². The molecule has 162 valence electrons. The van der Waals surface area contributed by atoms with Crippen LogP contribution in [0.4, 0.5) is 0 Å². The standard InChI is InChI=1S/C22H35N3O4/c1-4-29-21(26)22(11-13-27-2)10-5-12-25(16-22)15-18-14-23-24-20(18)17-6-8-19(28-3)9-7-17/h6-9,18,20,23-24H,4-5,10-16H2,1-3H3. The molecule has 3 unspecified atom stereocenters. The highest BCUT2D eigenvalue weighted by molar-refractivity contribution is 5.77. The van der Waals surface area contributed by atoms with Crippen LogP contribution in [0.5, 0.6) is 5.75 Å². The number of hydrazine groups is 1. The summed E-state index contributed by atoms with van der Waals surface area (Å²) in [5.41, 5.74) is 7.52. The lowest BCUT2D eigenvalue weighted by atomic mass is 9.76. The van der Waals surface area contributed by atoms with Gasteiger partial charge in [0.05, 0.1) is 25.2 Å². The maximum absolute atomic E-state index is 12.8. The molecule has 29 heavy (non-hydrogen) atoms. The van der Waals surface area contributed by atoms with Gasteiger partial charge in [-0.1, -0.05) is 12.1 Å². The van der Waals surface area contributed by atoms with E-state index in [1.54, 1.807) is 14.2 Å². The molecule has 2 aliphatic heterocycles. The van der Waals surface area contributed by atoms with Crippen LogP contribution in [-0.4, -0.2) is 64.5 Å². The van der Waals surface area contributed by atoms with Gasteiger partial charge in [-0.05, 0) is 50.4 Å². The summed E-state index contributed by atoms with van der Waals surface area (Å²) in [7, 11) is 3.37. The predicted octanol–water partition coefficient (Wildman–Crippen LogP) is 2.14. The number of esters is 1. The van der Waals surface area contributed by atoms with Gasteiger partial charge >= 0.3 is 5.97 Å². The highest BCUT2D eigenvalue weighted by Crippen LogP contribution is 2.36. The third-order valence-corrected chi connectivity index (χ3v) is 6.21. The van der Waals surface area contributed by atoms with Crippen molar-refractivity contribution in [2.24, 2.45) is 11.3 Å². The molecular weight excluding hydrogens is 370 g/mol. The Labute approximate surface area is 174 Å². The average molecular weight is 406 g/mol. The fraction of sp³-hybridized carbons (Fsp3) is 0.682. The number of hydrogen-bond acceptors (Lipinski definition) is 7. The molecule has 2 N–H and O–H groups in total. The van der Waals surface area contributed by atoms with Gasteiger partial charge in [-0.25, -0.2) is 5.43 Å². The van der Waals surface area contributed by atoms with Gasteiger partial charge in [0.1, 0.15) is 5.75 Å². The third kappa shape index (κ3) is 5.28. The summed E-state index contributed by atoms with van der Waals surface area (Å²) in [5.74, 6) is 1.21. The molecule has 2 aliphatic rings. The van der Waals surface area contributed by atoms with Gasteiger partial charge in [0.15, 0.2) is 0 Å². The maximum atomic E-state index is 12.8. The number of hydrogen-bond donors (Lipinski definition) is 2. The first kappa shape index (κ1) is 22.0. The van der Waals surface area contributed by atoms with Gasteiger partial charge < -0.3 is 19.1 Å². The summed E-state index contributed by atoms with van der Waals surface area (Å²) >= 11 is 0. The van der Waals surface area contributed by atoms with Crippen molar-refractivity contribution in [1.29, 1.82) is 0 Å². The molecule has 1 aromatic rings. The van der Waals surface area contributed by atoms with Crippen LogP contribution in [0.3, 0.4) is 0 Å². The summed E-state index contributed by atoms with van der Waals surface area (Å²) in [6.07, 6.45) is 2.58. The number of nitrogens with one attached hydrogen (secondary N) is 2. The predicted molar refractivity (Wildman–Crippen MR) is 112 cm³/mol. The zero-order chi connectivity index (χ0) is 20.7. The number of likely N-dealkylation sites (tertiary alicyclic amines) is 1. The fourth-order valence-corrected chi connectivity index (χ4v) is 4.64. The van der Waals surface area contributed by atoms with E-state index < -0.39 is 5.41 Å². The minimum atomic E-state index is -0.459. The Morgan fingerprint density at radius 1 is 1.28 bits per heavy atom. The first-order valence-corrected chi connectivity index (χ1v) is 10.6. The van der Waals surface area contributed by atoms with E-state index >= 15 is 0 Å². The molecule has 0 saturated carbocycles. The summed E-state index contributed by atoms with van der Waals surface area (Å²) < 4.78 is 16.0. The second kappa shape index (κ2) is 10.4. The van der Waals surface area contributed by atoms with Gasteiger partial charge in [-0.3, -0.25) is 10.2 Å². The van der Waals surface area contributed by atoms with Gasteiger partial charge in [0, 0.05) is 39.3 Å². The normalized spacial score (nSPS) is 27.7. The third-order valence-electron chi connectivity index (χ3n) is 6.21. The molecule has 3 rings (SSSR count). The molecule has 0 aliphatic carbocycles. The minimum absolute atomic E-state index is 0.0730. The number of carbonyl (C=O) groups is 1. The number of ether oxygens (including phenoxy) is 3. The van der Waals surface area contributed by atoms with E-state index in [9.17, 15) is 4.79 Å². The van der Waals surface area contributed by atoms with Crippen LogP contribution in [0.25, 0.3) is 0 Å². The van der Waals surface area contributed by atoms with Crippen LogP contribution in [0, 0.1) is 11.3 Å². The lowest BCUT2D eigenvalue weighted by Crippen LogP contribution is -2.50. The average Bonchev–Trinajstić information content (AvgIpc) is 3.20. The molecule has 0 bridgehead atoms. The smallest absolute Gasteiger partial charge is 0.313 e. The lowest BCUT2D eigenvalue weighted by molar-refractivity contribution is -0.160. The van der Waals surface area contributed by atoms with Crippen molar-refractivity contribution in [2.75, 3.05) is 53.6 Å². The fourth-order valence-electron chi connectivity index (χ4n) is 4.64. The molecule has 0 radical (unpaired) electrons. The summed E-state index contributed by atoms with van der Waals surface area (Å²) in [6, 6.07) is 8.48. The van der Waals surface area contributed by atoms with E-state index in [0.29, 0.717) is 25.6 Å². The van der Waals surface area contributed by atoms with E-state index in [1.165, 1.54) is 5.56 Å². The zero-order valence-corrected chi connectivity index (χ0v) is 17.9. The summed E-state index contributed by atoms with van der Waals surface area (Å²) in [4.78, 5) is 15.3. The highest BCUT2D eigenvalue weighted by Gasteiger charge is 2.44. The molecule has 7 nitrogen and oxygen atoms in total. The Morgan fingerprint density at radius 2 is 2.07 bits per heavy atom. The van der Waals surface area contributed by atoms with Crippen LogP contribution < -0.4 is 15.6 Å². The Hall–Kier alpha value is -1.67. The van der Waals surface area contributed by atoms with Crippen molar-refractivity contribution >= 4 is 5.97 Å². The summed E-state index contributed by atoms with van der Waals surface area (Å²) in [6.45, 7) is 6.46. The second-order valence-corrected chi connectivity index (χ2v) is 8.12. The molecule has 2 fully saturated rings. The Kier molecular flexibility index (Phi) is 7.89. The number of rotatable bonds is 9. The Bertz CT molecular complexity index is 654. The first-order chi connectivity index (χ1) is 14.1. The number of carbonyl (C=O) groups excluding carboxylic acids is 1. The topological polar surface area (TPSA) is 72.1 Å². The van der Waals surface area contributed by atoms with Crippen molar-refractivity contribution in [3.8, 4) is 5.75 Å². The van der Waals surface area contributed by atoms with Gasteiger partial charge in [-0.15, -0.1) is 0 Å².